The summed E-state index contributed by atoms with van der Waals surface area (Å²) in [6.45, 7) is 3.66. The summed E-state index contributed by atoms with van der Waals surface area (Å²) < 4.78 is 21.0. The molecule has 1 atom stereocenters. The molecule has 0 aliphatic rings. The van der Waals surface area contributed by atoms with E-state index in [4.69, 9.17) is 16.2 Å². The van der Waals surface area contributed by atoms with Gasteiger partial charge in [0, 0.05) is 12.6 Å². The molecule has 34 heavy (non-hydrogen) atoms. The Labute approximate surface area is 196 Å². The number of carbonyl (C=O) groups is 1. The van der Waals surface area contributed by atoms with Gasteiger partial charge in [-0.1, -0.05) is 32.5 Å². The molecule has 178 valence electrons. The molecule has 1 aromatic carbocycles. The number of hydrogen-bond donors (Lipinski definition) is 3. The summed E-state index contributed by atoms with van der Waals surface area (Å²) in [5, 5.41) is 6.82. The number of hydrogen-bond acceptors (Lipinski definition) is 8. The van der Waals surface area contributed by atoms with Crippen LogP contribution in [0.5, 0.6) is 0 Å². The van der Waals surface area contributed by atoms with Gasteiger partial charge in [-0.2, -0.15) is 5.10 Å². The van der Waals surface area contributed by atoms with Crippen LogP contribution in [0.2, 0.25) is 0 Å². The van der Waals surface area contributed by atoms with Gasteiger partial charge >= 0.3 is 6.09 Å². The summed E-state index contributed by atoms with van der Waals surface area (Å²) in [6.07, 6.45) is 1.48. The molecule has 0 bridgehead atoms. The van der Waals surface area contributed by atoms with Gasteiger partial charge in [-0.3, -0.25) is 5.32 Å². The SMILES string of the molecule is C.CCC(C)OC(=O)Nc1c(N)nc(-c2nc(Cc3ccccc3F)n3ncccc23)nc1N. The summed E-state index contributed by atoms with van der Waals surface area (Å²) in [6, 6.07) is 9.98. The van der Waals surface area contributed by atoms with Gasteiger partial charge in [0.05, 0.1) is 5.52 Å². The van der Waals surface area contributed by atoms with Crippen LogP contribution in [0.4, 0.5) is 26.5 Å². The first-order chi connectivity index (χ1) is 15.9. The quantitative estimate of drug-likeness (QED) is 0.385. The van der Waals surface area contributed by atoms with E-state index in [1.165, 1.54) is 6.07 Å². The molecule has 0 saturated heterocycles. The highest BCUT2D eigenvalue weighted by molar-refractivity contribution is 5.93. The van der Waals surface area contributed by atoms with Crippen LogP contribution < -0.4 is 16.8 Å². The number of fused-ring (bicyclic) bond motifs is 1. The van der Waals surface area contributed by atoms with E-state index in [0.717, 1.165) is 0 Å². The second-order valence-electron chi connectivity index (χ2n) is 7.41. The zero-order chi connectivity index (χ0) is 23.5. The summed E-state index contributed by atoms with van der Waals surface area (Å²) in [7, 11) is 0. The summed E-state index contributed by atoms with van der Waals surface area (Å²) in [5.74, 6) is 0.219. The van der Waals surface area contributed by atoms with Gasteiger partial charge in [-0.25, -0.2) is 28.7 Å². The van der Waals surface area contributed by atoms with Crippen molar-refractivity contribution in [2.24, 2.45) is 0 Å². The van der Waals surface area contributed by atoms with Crippen LogP contribution in [0.3, 0.4) is 0 Å². The van der Waals surface area contributed by atoms with Gasteiger partial charge in [0.2, 0.25) is 0 Å². The van der Waals surface area contributed by atoms with Crippen LogP contribution in [0, 0.1) is 5.82 Å². The molecule has 0 spiro atoms. The average Bonchev–Trinajstić information content (AvgIpc) is 3.16. The average molecular weight is 467 g/mol. The number of imidazole rings is 1. The first-order valence-corrected chi connectivity index (χ1v) is 10.3. The molecular formula is C23H27FN8O2. The molecule has 4 rings (SSSR count). The number of nitrogens with two attached hydrogens (primary N) is 2. The smallest absolute Gasteiger partial charge is 0.412 e. The van der Waals surface area contributed by atoms with E-state index in [2.05, 4.69) is 25.4 Å². The number of amides is 1. The molecule has 4 aromatic rings. The Balaban J connectivity index is 0.00000324. The molecule has 0 radical (unpaired) electrons. The van der Waals surface area contributed by atoms with Gasteiger partial charge in [0.1, 0.15) is 29.1 Å². The number of anilines is 3. The normalized spacial score (nSPS) is 11.6. The van der Waals surface area contributed by atoms with E-state index in [-0.39, 0.29) is 48.9 Å². The van der Waals surface area contributed by atoms with E-state index < -0.39 is 6.09 Å². The fourth-order valence-electron chi connectivity index (χ4n) is 3.21. The Morgan fingerprint density at radius 2 is 1.85 bits per heavy atom. The number of ether oxygens (including phenoxy) is 1. The summed E-state index contributed by atoms with van der Waals surface area (Å²) >= 11 is 0. The molecule has 0 saturated carbocycles. The van der Waals surface area contributed by atoms with Gasteiger partial charge in [0.15, 0.2) is 17.5 Å². The maximum absolute atomic E-state index is 14.2. The molecule has 3 heterocycles. The van der Waals surface area contributed by atoms with E-state index in [1.54, 1.807) is 48.0 Å². The third kappa shape index (κ3) is 4.87. The minimum absolute atomic E-state index is 0. The van der Waals surface area contributed by atoms with Crippen molar-refractivity contribution in [2.75, 3.05) is 16.8 Å². The molecular weight excluding hydrogens is 439 g/mol. The Bertz CT molecular complexity index is 1300. The van der Waals surface area contributed by atoms with Crippen molar-refractivity contribution in [3.63, 3.8) is 0 Å². The van der Waals surface area contributed by atoms with Gasteiger partial charge in [-0.15, -0.1) is 0 Å². The summed E-state index contributed by atoms with van der Waals surface area (Å²) in [4.78, 5) is 25.2. The first kappa shape index (κ1) is 24.4. The molecule has 0 fully saturated rings. The van der Waals surface area contributed by atoms with Crippen molar-refractivity contribution in [2.45, 2.75) is 40.2 Å². The molecule has 0 aliphatic heterocycles. The van der Waals surface area contributed by atoms with E-state index in [1.807, 2.05) is 6.92 Å². The maximum atomic E-state index is 14.2. The van der Waals surface area contributed by atoms with Crippen molar-refractivity contribution in [3.05, 3.63) is 59.8 Å². The van der Waals surface area contributed by atoms with Crippen LogP contribution in [0.15, 0.2) is 42.6 Å². The highest BCUT2D eigenvalue weighted by atomic mass is 19.1. The van der Waals surface area contributed by atoms with Crippen LogP contribution in [0.1, 0.15) is 39.1 Å². The fourth-order valence-corrected chi connectivity index (χ4v) is 3.21. The third-order valence-electron chi connectivity index (χ3n) is 5.07. The standard InChI is InChI=1S/C22H23FN8O2.CH4/c1-3-12(2)33-22(32)28-18-19(24)29-21(30-20(18)25)17-15-9-6-10-26-31(15)16(27-17)11-13-7-4-5-8-14(13)23;/h4-10,12H,3,11H2,1-2H3,(H,28,32)(H4,24,25,29,30);1H4. The highest BCUT2D eigenvalue weighted by Crippen LogP contribution is 2.29. The highest BCUT2D eigenvalue weighted by Gasteiger charge is 2.21. The lowest BCUT2D eigenvalue weighted by molar-refractivity contribution is 0.118. The topological polar surface area (TPSA) is 146 Å². The van der Waals surface area contributed by atoms with Crippen LogP contribution >= 0.6 is 0 Å². The summed E-state index contributed by atoms with van der Waals surface area (Å²) in [5.41, 5.74) is 13.6. The molecule has 10 nitrogen and oxygen atoms in total. The number of carbonyl (C=O) groups excluding carboxylic acids is 1. The molecule has 3 aromatic heterocycles. The van der Waals surface area contributed by atoms with Crippen molar-refractivity contribution in [1.82, 2.24) is 24.6 Å². The number of nitrogens with zero attached hydrogens (tertiary/aromatic N) is 5. The Hall–Kier alpha value is -4.28. The van der Waals surface area contributed by atoms with E-state index in [9.17, 15) is 9.18 Å². The second-order valence-corrected chi connectivity index (χ2v) is 7.41. The van der Waals surface area contributed by atoms with Crippen molar-refractivity contribution in [1.29, 1.82) is 0 Å². The van der Waals surface area contributed by atoms with Gasteiger partial charge < -0.3 is 16.2 Å². The number of halogens is 1. The lowest BCUT2D eigenvalue weighted by atomic mass is 10.1. The number of aromatic nitrogens is 5. The predicted molar refractivity (Wildman–Crippen MR) is 129 cm³/mol. The second kappa shape index (κ2) is 10.1. The van der Waals surface area contributed by atoms with E-state index >= 15 is 0 Å². The minimum Gasteiger partial charge on any atom is -0.446 e. The predicted octanol–water partition coefficient (Wildman–Crippen LogP) is 4.06. The molecule has 0 aliphatic carbocycles. The molecule has 11 heteroatoms. The zero-order valence-electron chi connectivity index (χ0n) is 18.1. The number of rotatable bonds is 6. The number of benzene rings is 1. The monoisotopic (exact) mass is 466 g/mol. The van der Waals surface area contributed by atoms with Crippen LogP contribution in [-0.4, -0.2) is 36.8 Å². The fraction of sp³-hybridized carbons (Fsp3) is 0.261. The van der Waals surface area contributed by atoms with Crippen molar-refractivity contribution < 1.29 is 13.9 Å². The Morgan fingerprint density at radius 1 is 1.15 bits per heavy atom. The van der Waals surface area contributed by atoms with Crippen molar-refractivity contribution >= 4 is 28.9 Å². The van der Waals surface area contributed by atoms with Gasteiger partial charge in [-0.05, 0) is 37.1 Å². The minimum atomic E-state index is -0.706. The zero-order valence-corrected chi connectivity index (χ0v) is 18.1. The number of nitrogens with one attached hydrogen (secondary N) is 1. The van der Waals surface area contributed by atoms with Crippen LogP contribution in [-0.2, 0) is 11.2 Å². The lowest BCUT2D eigenvalue weighted by Gasteiger charge is -2.14. The largest absolute Gasteiger partial charge is 0.446 e. The Kier molecular flexibility index (Phi) is 7.24. The van der Waals surface area contributed by atoms with Crippen LogP contribution in [0.25, 0.3) is 17.0 Å². The molecule has 5 N–H and O–H groups in total. The maximum Gasteiger partial charge on any atom is 0.412 e. The lowest BCUT2D eigenvalue weighted by Crippen LogP contribution is -2.21. The van der Waals surface area contributed by atoms with Gasteiger partial charge in [0.25, 0.3) is 0 Å². The van der Waals surface area contributed by atoms with Crippen molar-refractivity contribution in [3.8, 4) is 11.5 Å². The number of nitrogen functional groups attached to an aromatic ring is 2. The Morgan fingerprint density at radius 3 is 2.53 bits per heavy atom. The first-order valence-electron chi connectivity index (χ1n) is 10.3. The molecule has 1 unspecified atom stereocenters. The third-order valence-corrected chi connectivity index (χ3v) is 5.07. The molecule has 1 amide bonds. The van der Waals surface area contributed by atoms with E-state index in [0.29, 0.717) is 29.0 Å².